The average molecular weight is 261 g/mol. The first-order chi connectivity index (χ1) is 9.20. The van der Waals surface area contributed by atoms with Crippen LogP contribution in [0, 0.1) is 0 Å². The van der Waals surface area contributed by atoms with Crippen molar-refractivity contribution in [1.82, 2.24) is 9.80 Å². The third kappa shape index (κ3) is 3.78. The van der Waals surface area contributed by atoms with E-state index in [1.807, 2.05) is 13.1 Å². The van der Waals surface area contributed by atoms with Crippen LogP contribution in [0.4, 0.5) is 0 Å². The van der Waals surface area contributed by atoms with E-state index in [-0.39, 0.29) is 12.5 Å². The van der Waals surface area contributed by atoms with Gasteiger partial charge >= 0.3 is 0 Å². The maximum atomic E-state index is 11.5. The van der Waals surface area contributed by atoms with Crippen LogP contribution in [0.3, 0.4) is 0 Å². The maximum Gasteiger partial charge on any atom is 0.236 e. The highest BCUT2D eigenvalue weighted by molar-refractivity contribution is 5.77. The first kappa shape index (κ1) is 14.0. The van der Waals surface area contributed by atoms with Crippen molar-refractivity contribution in [1.29, 1.82) is 0 Å². The van der Waals surface area contributed by atoms with Gasteiger partial charge < -0.3 is 10.6 Å². The van der Waals surface area contributed by atoms with E-state index >= 15 is 0 Å². The number of nitrogens with two attached hydrogens (primary N) is 1. The lowest BCUT2D eigenvalue weighted by molar-refractivity contribution is -0.129. The van der Waals surface area contributed by atoms with Gasteiger partial charge in [-0.2, -0.15) is 0 Å². The highest BCUT2D eigenvalue weighted by atomic mass is 16.2. The number of likely N-dealkylation sites (N-methyl/N-ethyl adjacent to an activating group) is 1. The van der Waals surface area contributed by atoms with E-state index in [1.54, 1.807) is 4.90 Å². The lowest BCUT2D eigenvalue weighted by Crippen LogP contribution is -2.42. The van der Waals surface area contributed by atoms with Crippen molar-refractivity contribution in [2.24, 2.45) is 5.73 Å². The summed E-state index contributed by atoms with van der Waals surface area (Å²) in [7, 11) is 1.84. The summed E-state index contributed by atoms with van der Waals surface area (Å²) in [6.45, 7) is 2.96. The van der Waals surface area contributed by atoms with Crippen LogP contribution in [-0.4, -0.2) is 48.4 Å². The van der Waals surface area contributed by atoms with Crippen LogP contribution in [0.1, 0.15) is 18.4 Å². The fourth-order valence-electron chi connectivity index (χ4n) is 2.70. The number of hydrogen-bond acceptors (Lipinski definition) is 3. The van der Waals surface area contributed by atoms with E-state index in [0.29, 0.717) is 6.04 Å². The zero-order chi connectivity index (χ0) is 13.7. The van der Waals surface area contributed by atoms with Gasteiger partial charge in [0.05, 0.1) is 6.54 Å². The van der Waals surface area contributed by atoms with Crippen LogP contribution in [-0.2, 0) is 11.3 Å². The van der Waals surface area contributed by atoms with Gasteiger partial charge in [-0.05, 0) is 24.9 Å². The second kappa shape index (κ2) is 6.68. The van der Waals surface area contributed by atoms with Crippen molar-refractivity contribution in [2.75, 3.05) is 26.7 Å². The number of carbonyl (C=O) groups excluding carboxylic acids is 1. The van der Waals surface area contributed by atoms with Gasteiger partial charge in [-0.1, -0.05) is 30.3 Å². The van der Waals surface area contributed by atoms with Gasteiger partial charge in [0.15, 0.2) is 0 Å². The highest BCUT2D eigenvalue weighted by Crippen LogP contribution is 2.20. The van der Waals surface area contributed by atoms with Crippen molar-refractivity contribution in [2.45, 2.75) is 25.4 Å². The molecule has 0 spiro atoms. The number of carbonyl (C=O) groups is 1. The molecule has 0 bridgehead atoms. The molecule has 0 aromatic heterocycles. The smallest absolute Gasteiger partial charge is 0.236 e. The van der Waals surface area contributed by atoms with Gasteiger partial charge in [0, 0.05) is 26.2 Å². The fourth-order valence-corrected chi connectivity index (χ4v) is 2.70. The van der Waals surface area contributed by atoms with Crippen LogP contribution in [0.25, 0.3) is 0 Å². The highest BCUT2D eigenvalue weighted by Gasteiger charge is 2.26. The lowest BCUT2D eigenvalue weighted by atomic mass is 10.1. The molecule has 4 heteroatoms. The second-order valence-corrected chi connectivity index (χ2v) is 5.23. The Morgan fingerprint density at radius 1 is 1.42 bits per heavy atom. The van der Waals surface area contributed by atoms with Crippen molar-refractivity contribution < 1.29 is 4.79 Å². The molecule has 4 nitrogen and oxygen atoms in total. The van der Waals surface area contributed by atoms with Crippen molar-refractivity contribution in [3.63, 3.8) is 0 Å². The quantitative estimate of drug-likeness (QED) is 0.862. The predicted octanol–water partition coefficient (Wildman–Crippen LogP) is 1.07. The largest absolute Gasteiger partial charge is 0.343 e. The van der Waals surface area contributed by atoms with Gasteiger partial charge in [0.2, 0.25) is 5.91 Å². The topological polar surface area (TPSA) is 49.6 Å². The second-order valence-electron chi connectivity index (χ2n) is 5.23. The fraction of sp³-hybridized carbons (Fsp3) is 0.533. The Hall–Kier alpha value is -1.39. The molecule has 2 N–H and O–H groups in total. The molecule has 1 saturated heterocycles. The Morgan fingerprint density at radius 3 is 2.84 bits per heavy atom. The SMILES string of the molecule is CN(C[C@@H]1CCCN1Cc1ccccc1)C(=O)CN. The number of rotatable bonds is 5. The van der Waals surface area contributed by atoms with Crippen LogP contribution in [0.5, 0.6) is 0 Å². The molecule has 1 heterocycles. The van der Waals surface area contributed by atoms with Crippen LogP contribution in [0.15, 0.2) is 30.3 Å². The van der Waals surface area contributed by atoms with Gasteiger partial charge in [-0.15, -0.1) is 0 Å². The zero-order valence-electron chi connectivity index (χ0n) is 11.6. The van der Waals surface area contributed by atoms with Gasteiger partial charge in [0.25, 0.3) is 0 Å². The molecular weight excluding hydrogens is 238 g/mol. The molecule has 1 fully saturated rings. The van der Waals surface area contributed by atoms with Crippen LogP contribution in [0.2, 0.25) is 0 Å². The molecule has 0 unspecified atom stereocenters. The van der Waals surface area contributed by atoms with Crippen LogP contribution >= 0.6 is 0 Å². The molecule has 0 radical (unpaired) electrons. The third-order valence-electron chi connectivity index (χ3n) is 3.81. The summed E-state index contributed by atoms with van der Waals surface area (Å²) < 4.78 is 0. The van der Waals surface area contributed by atoms with Gasteiger partial charge in [-0.25, -0.2) is 0 Å². The number of amides is 1. The van der Waals surface area contributed by atoms with E-state index in [4.69, 9.17) is 5.73 Å². The Balaban J connectivity index is 1.92. The predicted molar refractivity (Wildman–Crippen MR) is 76.6 cm³/mol. The molecule has 0 aliphatic carbocycles. The summed E-state index contributed by atoms with van der Waals surface area (Å²) in [6.07, 6.45) is 2.37. The number of hydrogen-bond donors (Lipinski definition) is 1. The monoisotopic (exact) mass is 261 g/mol. The molecule has 19 heavy (non-hydrogen) atoms. The maximum absolute atomic E-state index is 11.5. The molecule has 1 aliphatic heterocycles. The number of likely N-dealkylation sites (tertiary alicyclic amines) is 1. The Labute approximate surface area is 115 Å². The first-order valence-corrected chi connectivity index (χ1v) is 6.92. The molecule has 0 saturated carbocycles. The van der Waals surface area contributed by atoms with Crippen molar-refractivity contribution in [3.8, 4) is 0 Å². The minimum absolute atomic E-state index is 0.0200. The molecule has 1 atom stereocenters. The Bertz CT molecular complexity index is 407. The van der Waals surface area contributed by atoms with E-state index in [0.717, 1.165) is 26.1 Å². The molecule has 1 aliphatic rings. The molecule has 1 amide bonds. The average Bonchev–Trinajstić information content (AvgIpc) is 2.86. The van der Waals surface area contributed by atoms with Crippen molar-refractivity contribution >= 4 is 5.91 Å². The number of nitrogens with zero attached hydrogens (tertiary/aromatic N) is 2. The minimum Gasteiger partial charge on any atom is -0.343 e. The van der Waals surface area contributed by atoms with Crippen molar-refractivity contribution in [3.05, 3.63) is 35.9 Å². The summed E-state index contributed by atoms with van der Waals surface area (Å²) in [4.78, 5) is 15.8. The Morgan fingerprint density at radius 2 is 2.16 bits per heavy atom. The van der Waals surface area contributed by atoms with E-state index in [2.05, 4.69) is 29.2 Å². The summed E-state index contributed by atoms with van der Waals surface area (Å²) in [5.41, 5.74) is 6.74. The summed E-state index contributed by atoms with van der Waals surface area (Å²) >= 11 is 0. The lowest BCUT2D eigenvalue weighted by Gasteiger charge is -2.28. The molecule has 104 valence electrons. The van der Waals surface area contributed by atoms with E-state index in [1.165, 1.54) is 12.0 Å². The van der Waals surface area contributed by atoms with E-state index < -0.39 is 0 Å². The normalized spacial score (nSPS) is 19.6. The van der Waals surface area contributed by atoms with E-state index in [9.17, 15) is 4.79 Å². The van der Waals surface area contributed by atoms with Gasteiger partial charge in [0.1, 0.15) is 0 Å². The standard InChI is InChI=1S/C15H23N3O/c1-17(15(19)10-16)12-14-8-5-9-18(14)11-13-6-3-2-4-7-13/h2-4,6-7,14H,5,8-12,16H2,1H3/t14-/m0/s1. The molecule has 2 rings (SSSR count). The third-order valence-corrected chi connectivity index (χ3v) is 3.81. The summed E-state index contributed by atoms with van der Waals surface area (Å²) in [5, 5.41) is 0. The van der Waals surface area contributed by atoms with Crippen LogP contribution < -0.4 is 5.73 Å². The molecular formula is C15H23N3O. The minimum atomic E-state index is 0.0200. The summed E-state index contributed by atoms with van der Waals surface area (Å²) in [6, 6.07) is 11.0. The number of benzene rings is 1. The summed E-state index contributed by atoms with van der Waals surface area (Å²) in [5.74, 6) is 0.0200. The molecule has 1 aromatic carbocycles. The first-order valence-electron chi connectivity index (χ1n) is 6.92. The Kier molecular flexibility index (Phi) is 4.93. The van der Waals surface area contributed by atoms with Gasteiger partial charge in [-0.3, -0.25) is 9.69 Å². The molecule has 1 aromatic rings. The zero-order valence-corrected chi connectivity index (χ0v) is 11.6.